The van der Waals surface area contributed by atoms with Gasteiger partial charge in [-0.25, -0.2) is 0 Å². The van der Waals surface area contributed by atoms with Crippen LogP contribution >= 0.6 is 34.5 Å². The van der Waals surface area contributed by atoms with Crippen LogP contribution in [0.1, 0.15) is 18.1 Å². The van der Waals surface area contributed by atoms with E-state index in [0.717, 1.165) is 16.8 Å². The molecule has 3 heteroatoms. The normalized spacial score (nSPS) is 11.1. The highest BCUT2D eigenvalue weighted by molar-refractivity contribution is 7.18. The molecule has 0 aliphatic heterocycles. The lowest BCUT2D eigenvalue weighted by molar-refractivity contribution is 1.12. The number of hydrogen-bond acceptors (Lipinski definition) is 1. The molecule has 14 heavy (non-hydrogen) atoms. The molecule has 0 radical (unpaired) electrons. The van der Waals surface area contributed by atoms with Gasteiger partial charge in [-0.3, -0.25) is 0 Å². The lowest BCUT2D eigenvalue weighted by Gasteiger charge is -2.05. The van der Waals surface area contributed by atoms with Gasteiger partial charge in [0.2, 0.25) is 0 Å². The molecule has 0 aliphatic rings. The maximum atomic E-state index is 6.07. The second-order valence-electron chi connectivity index (χ2n) is 3.15. The molecule has 2 aromatic rings. The minimum Gasteiger partial charge on any atom is -0.142 e. The zero-order valence-corrected chi connectivity index (χ0v) is 10.1. The number of aryl methyl sites for hydroxylation is 1. The van der Waals surface area contributed by atoms with Crippen LogP contribution in [0.2, 0.25) is 5.02 Å². The van der Waals surface area contributed by atoms with E-state index in [-0.39, 0.29) is 0 Å². The summed E-state index contributed by atoms with van der Waals surface area (Å²) >= 11 is 13.7. The van der Waals surface area contributed by atoms with E-state index in [1.165, 1.54) is 15.8 Å². The zero-order valence-electron chi connectivity index (χ0n) is 7.81. The summed E-state index contributed by atoms with van der Waals surface area (Å²) in [6, 6.07) is 4.14. The van der Waals surface area contributed by atoms with Crippen LogP contribution in [-0.2, 0) is 12.3 Å². The molecule has 0 spiro atoms. The molecule has 0 unspecified atom stereocenters. The fourth-order valence-corrected chi connectivity index (χ4v) is 3.35. The monoisotopic (exact) mass is 244 g/mol. The third-order valence-electron chi connectivity index (χ3n) is 2.39. The first-order valence-corrected chi connectivity index (χ1v) is 6.30. The zero-order chi connectivity index (χ0) is 10.1. The topological polar surface area (TPSA) is 0 Å². The van der Waals surface area contributed by atoms with Gasteiger partial charge in [-0.05, 0) is 17.5 Å². The fourth-order valence-electron chi connectivity index (χ4n) is 1.68. The van der Waals surface area contributed by atoms with Crippen molar-refractivity contribution in [3.63, 3.8) is 0 Å². The van der Waals surface area contributed by atoms with Crippen molar-refractivity contribution in [2.75, 3.05) is 0 Å². The molecule has 0 fully saturated rings. The average molecular weight is 245 g/mol. The fraction of sp³-hybridized carbons (Fsp3) is 0.273. The van der Waals surface area contributed by atoms with E-state index in [2.05, 4.69) is 19.1 Å². The van der Waals surface area contributed by atoms with Gasteiger partial charge >= 0.3 is 0 Å². The van der Waals surface area contributed by atoms with Gasteiger partial charge in [-0.1, -0.05) is 30.7 Å². The van der Waals surface area contributed by atoms with Crippen LogP contribution in [-0.4, -0.2) is 0 Å². The number of benzene rings is 1. The van der Waals surface area contributed by atoms with Gasteiger partial charge in [0, 0.05) is 21.3 Å². The van der Waals surface area contributed by atoms with Crippen molar-refractivity contribution < 1.29 is 0 Å². The second-order valence-corrected chi connectivity index (χ2v) is 4.70. The Morgan fingerprint density at radius 2 is 2.14 bits per heavy atom. The SMILES string of the molecule is CCc1c(CCl)ccc2c(Cl)csc12. The second kappa shape index (κ2) is 4.09. The van der Waals surface area contributed by atoms with Crippen LogP contribution in [0, 0.1) is 0 Å². The minimum atomic E-state index is 0.578. The van der Waals surface area contributed by atoms with Crippen molar-refractivity contribution >= 4 is 44.6 Å². The Labute approximate surface area is 97.5 Å². The van der Waals surface area contributed by atoms with Crippen molar-refractivity contribution in [1.29, 1.82) is 0 Å². The highest BCUT2D eigenvalue weighted by Crippen LogP contribution is 2.34. The predicted octanol–water partition coefficient (Wildman–Crippen LogP) is 4.86. The van der Waals surface area contributed by atoms with Crippen molar-refractivity contribution in [1.82, 2.24) is 0 Å². The molecule has 0 saturated heterocycles. The van der Waals surface area contributed by atoms with Crippen LogP contribution in [0.5, 0.6) is 0 Å². The maximum Gasteiger partial charge on any atom is 0.0591 e. The Kier molecular flexibility index (Phi) is 3.01. The first kappa shape index (κ1) is 10.3. The Morgan fingerprint density at radius 1 is 1.36 bits per heavy atom. The molecular formula is C11H10Cl2S. The molecule has 0 saturated carbocycles. The summed E-state index contributed by atoms with van der Waals surface area (Å²) in [6.07, 6.45) is 1.01. The van der Waals surface area contributed by atoms with E-state index >= 15 is 0 Å². The number of fused-ring (bicyclic) bond motifs is 1. The average Bonchev–Trinajstić information content (AvgIpc) is 2.59. The molecule has 0 aliphatic carbocycles. The summed E-state index contributed by atoms with van der Waals surface area (Å²) in [5, 5.41) is 3.99. The summed E-state index contributed by atoms with van der Waals surface area (Å²) in [5.74, 6) is 0.578. The lowest BCUT2D eigenvalue weighted by atomic mass is 10.0. The molecule has 0 atom stereocenters. The van der Waals surface area contributed by atoms with Gasteiger partial charge in [0.25, 0.3) is 0 Å². The highest BCUT2D eigenvalue weighted by Gasteiger charge is 2.09. The van der Waals surface area contributed by atoms with E-state index < -0.39 is 0 Å². The molecular weight excluding hydrogens is 235 g/mol. The standard InChI is InChI=1S/C11H10Cl2S/c1-2-8-7(5-12)3-4-9-10(13)6-14-11(8)9/h3-4,6H,2,5H2,1H3. The van der Waals surface area contributed by atoms with Crippen LogP contribution in [0.3, 0.4) is 0 Å². The van der Waals surface area contributed by atoms with Crippen LogP contribution in [0.25, 0.3) is 10.1 Å². The van der Waals surface area contributed by atoms with E-state index in [1.54, 1.807) is 11.3 Å². The van der Waals surface area contributed by atoms with Crippen molar-refractivity contribution in [3.05, 3.63) is 33.7 Å². The van der Waals surface area contributed by atoms with Crippen molar-refractivity contribution in [2.24, 2.45) is 0 Å². The molecule has 0 N–H and O–H groups in total. The van der Waals surface area contributed by atoms with Gasteiger partial charge in [-0.15, -0.1) is 22.9 Å². The van der Waals surface area contributed by atoms with E-state index in [4.69, 9.17) is 23.2 Å². The number of alkyl halides is 1. The minimum absolute atomic E-state index is 0.578. The lowest BCUT2D eigenvalue weighted by Crippen LogP contribution is -1.89. The summed E-state index contributed by atoms with van der Waals surface area (Å²) < 4.78 is 1.29. The van der Waals surface area contributed by atoms with Crippen LogP contribution in [0.4, 0.5) is 0 Å². The summed E-state index contributed by atoms with van der Waals surface area (Å²) in [4.78, 5) is 0. The van der Waals surface area contributed by atoms with Crippen molar-refractivity contribution in [2.45, 2.75) is 19.2 Å². The number of halogens is 2. The van der Waals surface area contributed by atoms with Crippen molar-refractivity contribution in [3.8, 4) is 0 Å². The number of thiophene rings is 1. The molecule has 1 heterocycles. The van der Waals surface area contributed by atoms with E-state index in [9.17, 15) is 0 Å². The first-order chi connectivity index (χ1) is 6.77. The Morgan fingerprint density at radius 3 is 2.79 bits per heavy atom. The molecule has 0 amide bonds. The Balaban J connectivity index is 2.77. The molecule has 1 aromatic carbocycles. The van der Waals surface area contributed by atoms with E-state index in [1.807, 2.05) is 5.38 Å². The largest absolute Gasteiger partial charge is 0.142 e. The van der Waals surface area contributed by atoms with Crippen LogP contribution in [0.15, 0.2) is 17.5 Å². The molecule has 0 nitrogen and oxygen atoms in total. The molecule has 1 aromatic heterocycles. The third-order valence-corrected chi connectivity index (χ3v) is 4.18. The first-order valence-electron chi connectivity index (χ1n) is 4.51. The van der Waals surface area contributed by atoms with Crippen LogP contribution < -0.4 is 0 Å². The molecule has 0 bridgehead atoms. The number of rotatable bonds is 2. The summed E-state index contributed by atoms with van der Waals surface area (Å²) in [5.41, 5.74) is 2.56. The highest BCUT2D eigenvalue weighted by atomic mass is 35.5. The van der Waals surface area contributed by atoms with Gasteiger partial charge < -0.3 is 0 Å². The molecule has 2 rings (SSSR count). The third kappa shape index (κ3) is 1.54. The predicted molar refractivity (Wildman–Crippen MR) is 65.8 cm³/mol. The van der Waals surface area contributed by atoms with Gasteiger partial charge in [0.05, 0.1) is 5.02 Å². The Bertz CT molecular complexity index is 460. The Hall–Kier alpha value is -0.240. The molecule has 74 valence electrons. The maximum absolute atomic E-state index is 6.07. The van der Waals surface area contributed by atoms with Gasteiger partial charge in [0.1, 0.15) is 0 Å². The van der Waals surface area contributed by atoms with Gasteiger partial charge in [-0.2, -0.15) is 0 Å². The van der Waals surface area contributed by atoms with Gasteiger partial charge in [0.15, 0.2) is 0 Å². The number of hydrogen-bond donors (Lipinski definition) is 0. The van der Waals surface area contributed by atoms with E-state index in [0.29, 0.717) is 5.88 Å². The quantitative estimate of drug-likeness (QED) is 0.663. The smallest absolute Gasteiger partial charge is 0.0591 e. The summed E-state index contributed by atoms with van der Waals surface area (Å²) in [6.45, 7) is 2.15. The summed E-state index contributed by atoms with van der Waals surface area (Å²) in [7, 11) is 0.